The van der Waals surface area contributed by atoms with Crippen LogP contribution in [0.4, 0.5) is 5.69 Å². The first-order valence-corrected chi connectivity index (χ1v) is 9.11. The van der Waals surface area contributed by atoms with E-state index in [0.29, 0.717) is 13.1 Å². The van der Waals surface area contributed by atoms with E-state index in [4.69, 9.17) is 0 Å². The van der Waals surface area contributed by atoms with Gasteiger partial charge in [0.2, 0.25) is 11.8 Å². The number of aryl methyl sites for hydroxylation is 2. The Hall–Kier alpha value is -2.69. The summed E-state index contributed by atoms with van der Waals surface area (Å²) in [5, 5.41) is 2.88. The van der Waals surface area contributed by atoms with Gasteiger partial charge in [-0.2, -0.15) is 0 Å². The minimum absolute atomic E-state index is 0.0411. The molecule has 0 aliphatic carbocycles. The number of carbonyl (C=O) groups excluding carboxylic acids is 2. The fraction of sp³-hybridized carbons (Fsp3) is 0.381. The van der Waals surface area contributed by atoms with Crippen molar-refractivity contribution >= 4 is 17.5 Å². The number of aromatic nitrogens is 1. The molecule has 0 spiro atoms. The molecule has 2 rings (SSSR count). The van der Waals surface area contributed by atoms with E-state index in [-0.39, 0.29) is 18.2 Å². The molecule has 0 atom stereocenters. The molecule has 1 heterocycles. The first-order valence-electron chi connectivity index (χ1n) is 9.11. The van der Waals surface area contributed by atoms with Crippen LogP contribution in [0.15, 0.2) is 42.7 Å². The minimum atomic E-state index is -0.0767. The van der Waals surface area contributed by atoms with Crippen LogP contribution in [-0.2, 0) is 29.0 Å². The molecule has 2 amide bonds. The van der Waals surface area contributed by atoms with Crippen molar-refractivity contribution in [1.29, 1.82) is 0 Å². The number of hydrogen-bond donors (Lipinski definition) is 1. The van der Waals surface area contributed by atoms with E-state index in [2.05, 4.69) is 24.1 Å². The van der Waals surface area contributed by atoms with Crippen LogP contribution in [0.5, 0.6) is 0 Å². The van der Waals surface area contributed by atoms with Gasteiger partial charge >= 0.3 is 0 Å². The average Bonchev–Trinajstić information content (AvgIpc) is 2.67. The van der Waals surface area contributed by atoms with Gasteiger partial charge in [0.25, 0.3) is 0 Å². The summed E-state index contributed by atoms with van der Waals surface area (Å²) < 4.78 is 0. The number of pyridine rings is 1. The van der Waals surface area contributed by atoms with Gasteiger partial charge in [-0.15, -0.1) is 0 Å². The molecule has 0 saturated heterocycles. The predicted molar refractivity (Wildman–Crippen MR) is 104 cm³/mol. The smallest absolute Gasteiger partial charge is 0.223 e. The van der Waals surface area contributed by atoms with Crippen LogP contribution >= 0.6 is 0 Å². The highest BCUT2D eigenvalue weighted by Crippen LogP contribution is 2.27. The van der Waals surface area contributed by atoms with Gasteiger partial charge in [-0.3, -0.25) is 14.6 Å². The highest BCUT2D eigenvalue weighted by Gasteiger charge is 2.19. The summed E-state index contributed by atoms with van der Waals surface area (Å²) in [7, 11) is 0. The van der Waals surface area contributed by atoms with Gasteiger partial charge < -0.3 is 10.2 Å². The Morgan fingerprint density at radius 3 is 2.31 bits per heavy atom. The van der Waals surface area contributed by atoms with Crippen molar-refractivity contribution in [3.05, 3.63) is 59.4 Å². The summed E-state index contributed by atoms with van der Waals surface area (Å²) in [5.41, 5.74) is 4.18. The summed E-state index contributed by atoms with van der Waals surface area (Å²) in [6, 6.07) is 9.88. The number of nitrogens with one attached hydrogen (secondary N) is 1. The molecule has 0 bridgehead atoms. The van der Waals surface area contributed by atoms with E-state index < -0.39 is 0 Å². The first kappa shape index (κ1) is 19.6. The van der Waals surface area contributed by atoms with Gasteiger partial charge in [0.1, 0.15) is 0 Å². The lowest BCUT2D eigenvalue weighted by Crippen LogP contribution is -2.35. The van der Waals surface area contributed by atoms with Crippen LogP contribution in [0.25, 0.3) is 0 Å². The standard InChI is InChI=1S/C21H27N3O2/c1-4-18-9-6-10-19(5-2)21(18)24(16(3)25)13-11-20(26)23-15-17-8-7-12-22-14-17/h6-10,12,14H,4-5,11,13,15H2,1-3H3,(H,23,26). The van der Waals surface area contributed by atoms with Crippen molar-refractivity contribution in [2.45, 2.75) is 46.6 Å². The Labute approximate surface area is 155 Å². The molecule has 0 aliphatic heterocycles. The van der Waals surface area contributed by atoms with E-state index in [1.54, 1.807) is 24.2 Å². The van der Waals surface area contributed by atoms with Gasteiger partial charge in [-0.25, -0.2) is 0 Å². The lowest BCUT2D eigenvalue weighted by molar-refractivity contribution is -0.121. The number of rotatable bonds is 8. The van der Waals surface area contributed by atoms with Crippen LogP contribution in [-0.4, -0.2) is 23.3 Å². The third kappa shape index (κ3) is 5.15. The number of anilines is 1. The van der Waals surface area contributed by atoms with Crippen molar-refractivity contribution in [1.82, 2.24) is 10.3 Å². The second-order valence-electron chi connectivity index (χ2n) is 6.19. The zero-order valence-electron chi connectivity index (χ0n) is 15.8. The Balaban J connectivity index is 2.05. The second kappa shape index (κ2) is 9.70. The first-order chi connectivity index (χ1) is 12.6. The van der Waals surface area contributed by atoms with Crippen molar-refractivity contribution in [2.24, 2.45) is 0 Å². The predicted octanol–water partition coefficient (Wildman–Crippen LogP) is 3.27. The van der Waals surface area contributed by atoms with Crippen LogP contribution in [0.1, 0.15) is 43.9 Å². The van der Waals surface area contributed by atoms with Crippen LogP contribution in [0, 0.1) is 0 Å². The fourth-order valence-corrected chi connectivity index (χ4v) is 2.99. The molecule has 26 heavy (non-hydrogen) atoms. The van der Waals surface area contributed by atoms with Crippen molar-refractivity contribution < 1.29 is 9.59 Å². The number of nitrogens with zero attached hydrogens (tertiary/aromatic N) is 2. The molecule has 0 unspecified atom stereocenters. The highest BCUT2D eigenvalue weighted by molar-refractivity contribution is 5.94. The molecule has 1 aromatic heterocycles. The van der Waals surface area contributed by atoms with Gasteiger partial charge in [-0.05, 0) is 35.6 Å². The lowest BCUT2D eigenvalue weighted by Gasteiger charge is -2.26. The molecule has 0 saturated carbocycles. The molecular formula is C21H27N3O2. The van der Waals surface area contributed by atoms with E-state index in [1.807, 2.05) is 30.3 Å². The maximum Gasteiger partial charge on any atom is 0.223 e. The number of benzene rings is 1. The topological polar surface area (TPSA) is 62.3 Å². The highest BCUT2D eigenvalue weighted by atomic mass is 16.2. The van der Waals surface area contributed by atoms with Gasteiger partial charge in [0.15, 0.2) is 0 Å². The summed E-state index contributed by atoms with van der Waals surface area (Å²) >= 11 is 0. The Bertz CT molecular complexity index is 722. The SMILES string of the molecule is CCc1cccc(CC)c1N(CCC(=O)NCc1cccnc1)C(C)=O. The monoisotopic (exact) mass is 353 g/mol. The Kier molecular flexibility index (Phi) is 7.33. The number of hydrogen-bond acceptors (Lipinski definition) is 3. The quantitative estimate of drug-likeness (QED) is 0.792. The molecule has 5 nitrogen and oxygen atoms in total. The molecule has 138 valence electrons. The molecule has 5 heteroatoms. The molecule has 0 radical (unpaired) electrons. The largest absolute Gasteiger partial charge is 0.352 e. The van der Waals surface area contributed by atoms with Gasteiger partial charge in [0.05, 0.1) is 0 Å². The van der Waals surface area contributed by atoms with E-state index in [0.717, 1.165) is 35.2 Å². The Morgan fingerprint density at radius 1 is 1.08 bits per heavy atom. The van der Waals surface area contributed by atoms with Crippen molar-refractivity contribution in [3.63, 3.8) is 0 Å². The summed E-state index contributed by atoms with van der Waals surface area (Å²) in [5.74, 6) is -0.118. The zero-order valence-corrected chi connectivity index (χ0v) is 15.8. The normalized spacial score (nSPS) is 10.4. The zero-order chi connectivity index (χ0) is 18.9. The molecule has 0 aliphatic rings. The fourth-order valence-electron chi connectivity index (χ4n) is 2.99. The minimum Gasteiger partial charge on any atom is -0.352 e. The Morgan fingerprint density at radius 2 is 1.77 bits per heavy atom. The molecule has 0 fully saturated rings. The van der Waals surface area contributed by atoms with Gasteiger partial charge in [-0.1, -0.05) is 38.1 Å². The third-order valence-corrected chi connectivity index (χ3v) is 4.39. The van der Waals surface area contributed by atoms with Crippen molar-refractivity contribution in [3.8, 4) is 0 Å². The van der Waals surface area contributed by atoms with Crippen LogP contribution < -0.4 is 10.2 Å². The number of carbonyl (C=O) groups is 2. The van der Waals surface area contributed by atoms with Crippen LogP contribution in [0.3, 0.4) is 0 Å². The molecule has 1 N–H and O–H groups in total. The summed E-state index contributed by atoms with van der Waals surface area (Å²) in [6.45, 7) is 6.53. The summed E-state index contributed by atoms with van der Waals surface area (Å²) in [6.07, 6.45) is 5.39. The number of para-hydroxylation sites is 1. The maximum atomic E-state index is 12.3. The number of amides is 2. The summed E-state index contributed by atoms with van der Waals surface area (Å²) in [4.78, 5) is 30.2. The van der Waals surface area contributed by atoms with Gasteiger partial charge in [0, 0.05) is 44.5 Å². The van der Waals surface area contributed by atoms with Crippen LogP contribution in [0.2, 0.25) is 0 Å². The molecule has 1 aromatic carbocycles. The van der Waals surface area contributed by atoms with E-state index in [1.165, 1.54) is 0 Å². The lowest BCUT2D eigenvalue weighted by atomic mass is 10.0. The molecule has 2 aromatic rings. The second-order valence-corrected chi connectivity index (χ2v) is 6.19. The van der Waals surface area contributed by atoms with E-state index in [9.17, 15) is 9.59 Å². The average molecular weight is 353 g/mol. The van der Waals surface area contributed by atoms with E-state index >= 15 is 0 Å². The third-order valence-electron chi connectivity index (χ3n) is 4.39. The van der Waals surface area contributed by atoms with Crippen molar-refractivity contribution in [2.75, 3.05) is 11.4 Å². The molecular weight excluding hydrogens is 326 g/mol. The maximum absolute atomic E-state index is 12.3.